The molecule has 5 heteroatoms. The molecule has 0 saturated carbocycles. The van der Waals surface area contributed by atoms with E-state index in [0.29, 0.717) is 12.6 Å². The fourth-order valence-corrected chi connectivity index (χ4v) is 2.26. The second-order valence-corrected chi connectivity index (χ2v) is 4.42. The van der Waals surface area contributed by atoms with Crippen molar-refractivity contribution in [2.24, 2.45) is 0 Å². The van der Waals surface area contributed by atoms with E-state index >= 15 is 0 Å². The lowest BCUT2D eigenvalue weighted by atomic mass is 10.1. The summed E-state index contributed by atoms with van der Waals surface area (Å²) in [5.41, 5.74) is 0. The fourth-order valence-electron chi connectivity index (χ4n) is 2.26. The van der Waals surface area contributed by atoms with Gasteiger partial charge in [-0.3, -0.25) is 14.6 Å². The zero-order valence-electron chi connectivity index (χ0n) is 10.4. The van der Waals surface area contributed by atoms with Crippen molar-refractivity contribution in [2.45, 2.75) is 25.9 Å². The van der Waals surface area contributed by atoms with E-state index in [1.165, 1.54) is 0 Å². The first kappa shape index (κ1) is 13.4. The third kappa shape index (κ3) is 3.43. The Morgan fingerprint density at radius 2 is 2.25 bits per heavy atom. The third-order valence-electron chi connectivity index (χ3n) is 3.34. The molecule has 1 heterocycles. The summed E-state index contributed by atoms with van der Waals surface area (Å²) in [5, 5.41) is 11.8. The number of hydrogen-bond acceptors (Lipinski definition) is 4. The van der Waals surface area contributed by atoms with Crippen molar-refractivity contribution in [3.63, 3.8) is 0 Å². The average Bonchev–Trinajstić information content (AvgIpc) is 2.25. The molecule has 0 aliphatic carbocycles. The summed E-state index contributed by atoms with van der Waals surface area (Å²) >= 11 is 0. The number of carboxylic acids is 1. The Bertz CT molecular complexity index is 235. The van der Waals surface area contributed by atoms with Gasteiger partial charge in [-0.15, -0.1) is 0 Å². The minimum atomic E-state index is -0.770. The lowest BCUT2D eigenvalue weighted by Crippen LogP contribution is -2.55. The highest BCUT2D eigenvalue weighted by Crippen LogP contribution is 2.09. The second kappa shape index (κ2) is 6.18. The van der Waals surface area contributed by atoms with Gasteiger partial charge in [0.25, 0.3) is 0 Å². The molecule has 5 nitrogen and oxygen atoms in total. The van der Waals surface area contributed by atoms with E-state index in [-0.39, 0.29) is 0 Å². The lowest BCUT2D eigenvalue weighted by molar-refractivity contribution is -0.140. The van der Waals surface area contributed by atoms with E-state index in [1.807, 2.05) is 0 Å². The van der Waals surface area contributed by atoms with Gasteiger partial charge in [0.15, 0.2) is 0 Å². The highest BCUT2D eigenvalue weighted by atomic mass is 16.4. The first-order valence-corrected chi connectivity index (χ1v) is 5.95. The monoisotopic (exact) mass is 229 g/mol. The van der Waals surface area contributed by atoms with Crippen LogP contribution in [0.4, 0.5) is 0 Å². The van der Waals surface area contributed by atoms with Crippen LogP contribution in [0.3, 0.4) is 0 Å². The smallest absolute Gasteiger partial charge is 0.322 e. The van der Waals surface area contributed by atoms with Gasteiger partial charge >= 0.3 is 5.97 Å². The van der Waals surface area contributed by atoms with Gasteiger partial charge in [0.2, 0.25) is 0 Å². The molecule has 1 aliphatic heterocycles. The van der Waals surface area contributed by atoms with Crippen molar-refractivity contribution in [2.75, 3.05) is 39.8 Å². The zero-order chi connectivity index (χ0) is 12.1. The zero-order valence-corrected chi connectivity index (χ0v) is 10.4. The van der Waals surface area contributed by atoms with Crippen molar-refractivity contribution in [1.82, 2.24) is 15.1 Å². The molecule has 0 radical (unpaired) electrons. The maximum atomic E-state index is 10.9. The van der Waals surface area contributed by atoms with Crippen LogP contribution in [0, 0.1) is 0 Å². The Balaban J connectivity index is 2.42. The molecule has 0 amide bonds. The topological polar surface area (TPSA) is 55.8 Å². The van der Waals surface area contributed by atoms with Crippen LogP contribution in [-0.4, -0.2) is 72.7 Å². The van der Waals surface area contributed by atoms with E-state index < -0.39 is 12.0 Å². The number of hydrogen-bond donors (Lipinski definition) is 2. The van der Waals surface area contributed by atoms with Gasteiger partial charge in [0.05, 0.1) is 0 Å². The largest absolute Gasteiger partial charge is 0.480 e. The number of piperazine rings is 1. The molecular formula is C11H23N3O2. The summed E-state index contributed by atoms with van der Waals surface area (Å²) in [6.07, 6.45) is 0. The van der Waals surface area contributed by atoms with E-state index in [1.54, 1.807) is 7.05 Å². The molecule has 1 aliphatic rings. The molecule has 1 rings (SSSR count). The SMILES string of the molecule is CCN1CCN(CC(NC)C(=O)O)CC1C. The first-order valence-electron chi connectivity index (χ1n) is 5.95. The standard InChI is InChI=1S/C11H23N3O2/c1-4-14-6-5-13(7-9(14)2)8-10(12-3)11(15)16/h9-10,12H,4-8H2,1-3H3,(H,15,16). The molecule has 16 heavy (non-hydrogen) atoms. The van der Waals surface area contributed by atoms with Gasteiger partial charge in [-0.2, -0.15) is 0 Å². The summed E-state index contributed by atoms with van der Waals surface area (Å²) in [5.74, 6) is -0.770. The predicted molar refractivity (Wildman–Crippen MR) is 63.6 cm³/mol. The number of rotatable bonds is 5. The molecule has 2 unspecified atom stereocenters. The second-order valence-electron chi connectivity index (χ2n) is 4.42. The summed E-state index contributed by atoms with van der Waals surface area (Å²) in [6.45, 7) is 8.98. The van der Waals surface area contributed by atoms with Crippen molar-refractivity contribution < 1.29 is 9.90 Å². The average molecular weight is 229 g/mol. The molecule has 2 N–H and O–H groups in total. The quantitative estimate of drug-likeness (QED) is 0.677. The predicted octanol–water partition coefficient (Wildman–Crippen LogP) is -0.315. The maximum Gasteiger partial charge on any atom is 0.322 e. The van der Waals surface area contributed by atoms with Crippen LogP contribution in [-0.2, 0) is 4.79 Å². The minimum absolute atomic E-state index is 0.458. The van der Waals surface area contributed by atoms with E-state index in [2.05, 4.69) is 29.0 Å². The normalized spacial score (nSPS) is 25.6. The Hall–Kier alpha value is -0.650. The highest BCUT2D eigenvalue weighted by molar-refractivity contribution is 5.73. The van der Waals surface area contributed by atoms with Gasteiger partial charge in [-0.05, 0) is 20.5 Å². The van der Waals surface area contributed by atoms with Crippen molar-refractivity contribution >= 4 is 5.97 Å². The molecule has 2 atom stereocenters. The molecule has 0 bridgehead atoms. The Kier molecular flexibility index (Phi) is 5.18. The summed E-state index contributed by atoms with van der Waals surface area (Å²) < 4.78 is 0. The van der Waals surface area contributed by atoms with Gasteiger partial charge in [-0.1, -0.05) is 6.92 Å². The van der Waals surface area contributed by atoms with Gasteiger partial charge in [-0.25, -0.2) is 0 Å². The van der Waals surface area contributed by atoms with Gasteiger partial charge in [0, 0.05) is 32.2 Å². The van der Waals surface area contributed by atoms with Crippen molar-refractivity contribution in [1.29, 1.82) is 0 Å². The Morgan fingerprint density at radius 3 is 2.69 bits per heavy atom. The molecule has 94 valence electrons. The summed E-state index contributed by atoms with van der Waals surface area (Å²) in [4.78, 5) is 15.6. The van der Waals surface area contributed by atoms with Gasteiger partial charge < -0.3 is 10.4 Å². The lowest BCUT2D eigenvalue weighted by Gasteiger charge is -2.40. The van der Waals surface area contributed by atoms with Crippen molar-refractivity contribution in [3.05, 3.63) is 0 Å². The van der Waals surface area contributed by atoms with Crippen LogP contribution >= 0.6 is 0 Å². The van der Waals surface area contributed by atoms with E-state index in [4.69, 9.17) is 5.11 Å². The van der Waals surface area contributed by atoms with Crippen LogP contribution in [0.25, 0.3) is 0 Å². The Morgan fingerprint density at radius 1 is 1.56 bits per heavy atom. The molecular weight excluding hydrogens is 206 g/mol. The number of likely N-dealkylation sites (N-methyl/N-ethyl adjacent to an activating group) is 2. The maximum absolute atomic E-state index is 10.9. The number of nitrogens with one attached hydrogen (secondary N) is 1. The molecule has 0 aromatic rings. The first-order chi connectivity index (χ1) is 7.58. The van der Waals surface area contributed by atoms with Crippen LogP contribution < -0.4 is 5.32 Å². The van der Waals surface area contributed by atoms with Gasteiger partial charge in [0.1, 0.15) is 6.04 Å². The van der Waals surface area contributed by atoms with Crippen LogP contribution in [0.1, 0.15) is 13.8 Å². The fraction of sp³-hybridized carbons (Fsp3) is 0.909. The van der Waals surface area contributed by atoms with Crippen LogP contribution in [0.5, 0.6) is 0 Å². The summed E-state index contributed by atoms with van der Waals surface area (Å²) in [7, 11) is 1.70. The molecule has 0 spiro atoms. The number of nitrogens with zero attached hydrogens (tertiary/aromatic N) is 2. The molecule has 1 fully saturated rings. The van der Waals surface area contributed by atoms with E-state index in [9.17, 15) is 4.79 Å². The summed E-state index contributed by atoms with van der Waals surface area (Å²) in [6, 6.07) is 0.0606. The van der Waals surface area contributed by atoms with E-state index in [0.717, 1.165) is 26.2 Å². The highest BCUT2D eigenvalue weighted by Gasteiger charge is 2.25. The minimum Gasteiger partial charge on any atom is -0.480 e. The molecule has 0 aromatic carbocycles. The van der Waals surface area contributed by atoms with Crippen LogP contribution in [0.15, 0.2) is 0 Å². The molecule has 0 aromatic heterocycles. The molecule has 1 saturated heterocycles. The Labute approximate surface area is 97.4 Å². The number of carboxylic acid groups (broad SMARTS) is 1. The number of aliphatic carboxylic acids is 1. The van der Waals surface area contributed by atoms with Crippen molar-refractivity contribution in [3.8, 4) is 0 Å². The number of carbonyl (C=O) groups is 1. The third-order valence-corrected chi connectivity index (χ3v) is 3.34. The van der Waals surface area contributed by atoms with Crippen LogP contribution in [0.2, 0.25) is 0 Å².